The highest BCUT2D eigenvalue weighted by molar-refractivity contribution is 6.74. The van der Waals surface area contributed by atoms with E-state index in [1.807, 2.05) is 13.1 Å². The summed E-state index contributed by atoms with van der Waals surface area (Å²) < 4.78 is 5.98. The van der Waals surface area contributed by atoms with E-state index in [1.54, 1.807) is 0 Å². The average molecular weight is 559 g/mol. The van der Waals surface area contributed by atoms with Crippen molar-refractivity contribution in [3.8, 4) is 0 Å². The van der Waals surface area contributed by atoms with Crippen molar-refractivity contribution in [2.75, 3.05) is 19.7 Å². The van der Waals surface area contributed by atoms with Gasteiger partial charge in [-0.15, -0.1) is 0 Å². The number of rotatable bonds is 23. The van der Waals surface area contributed by atoms with E-state index >= 15 is 0 Å². The Morgan fingerprint density at radius 3 is 1.74 bits per heavy atom. The van der Waals surface area contributed by atoms with Crippen LogP contribution in [-0.2, 0) is 14.0 Å². The molecule has 226 valence electrons. The maximum absolute atomic E-state index is 13.0. The van der Waals surface area contributed by atoms with Crippen LogP contribution in [-0.4, -0.2) is 67.1 Å². The molecule has 4 N–H and O–H groups in total. The Balaban J connectivity index is 4.48. The molecular formula is C30H62N2O5Si. The number of nitrogens with zero attached hydrogens (tertiary/aromatic N) is 1. The molecule has 0 saturated heterocycles. The molecule has 2 unspecified atom stereocenters. The molecule has 0 aromatic carbocycles. The lowest BCUT2D eigenvalue weighted by atomic mass is 10.0. The topological polar surface area (TPSA) is 113 Å². The summed E-state index contributed by atoms with van der Waals surface area (Å²) in [6, 6.07) is 0. The van der Waals surface area contributed by atoms with E-state index < -0.39 is 26.4 Å². The lowest BCUT2D eigenvalue weighted by molar-refractivity contribution is -0.155. The zero-order valence-corrected chi connectivity index (χ0v) is 26.7. The fourth-order valence-electron chi connectivity index (χ4n) is 4.13. The minimum Gasteiger partial charge on any atom is -0.414 e. The molecule has 0 bridgehead atoms. The summed E-state index contributed by atoms with van der Waals surface area (Å²) in [5.74, 6) is -1.03. The van der Waals surface area contributed by atoms with Crippen LogP contribution in [0.2, 0.25) is 18.1 Å². The summed E-state index contributed by atoms with van der Waals surface area (Å²) in [5, 5.41) is 21.0. The fourth-order valence-corrected chi connectivity index (χ4v) is 5.15. The van der Waals surface area contributed by atoms with Gasteiger partial charge in [0.2, 0.25) is 5.91 Å². The maximum atomic E-state index is 13.0. The Labute approximate surface area is 235 Å². The lowest BCUT2D eigenvalue weighted by Crippen LogP contribution is -2.51. The van der Waals surface area contributed by atoms with Gasteiger partial charge in [-0.3, -0.25) is 14.5 Å². The second-order valence-corrected chi connectivity index (χ2v) is 17.3. The third-order valence-electron chi connectivity index (χ3n) is 7.94. The average Bonchev–Trinajstić information content (AvgIpc) is 2.86. The number of amides is 2. The zero-order valence-electron chi connectivity index (χ0n) is 25.7. The van der Waals surface area contributed by atoms with Gasteiger partial charge < -0.3 is 20.4 Å². The van der Waals surface area contributed by atoms with Crippen LogP contribution in [0.25, 0.3) is 0 Å². The van der Waals surface area contributed by atoms with E-state index in [9.17, 15) is 19.8 Å². The summed E-state index contributed by atoms with van der Waals surface area (Å²) in [7, 11) is -2.15. The number of nitrogens with two attached hydrogens (primary N) is 1. The third kappa shape index (κ3) is 16.3. The first-order chi connectivity index (χ1) is 17.9. The summed E-state index contributed by atoms with van der Waals surface area (Å²) in [6.45, 7) is 13.1. The van der Waals surface area contributed by atoms with E-state index in [0.29, 0.717) is 19.4 Å². The van der Waals surface area contributed by atoms with E-state index in [-0.39, 0.29) is 30.5 Å². The molecule has 8 heteroatoms. The number of imide groups is 1. The van der Waals surface area contributed by atoms with Crippen LogP contribution in [0.15, 0.2) is 0 Å². The first-order valence-corrected chi connectivity index (χ1v) is 18.3. The quantitative estimate of drug-likeness (QED) is 0.100. The predicted molar refractivity (Wildman–Crippen MR) is 160 cm³/mol. The van der Waals surface area contributed by atoms with Gasteiger partial charge in [-0.1, -0.05) is 105 Å². The van der Waals surface area contributed by atoms with E-state index in [2.05, 4.69) is 27.7 Å². The Bertz CT molecular complexity index is 624. The molecule has 0 aliphatic rings. The van der Waals surface area contributed by atoms with Crippen molar-refractivity contribution in [2.24, 2.45) is 5.73 Å². The fraction of sp³-hybridized carbons (Fsp3) is 0.933. The van der Waals surface area contributed by atoms with Crippen LogP contribution >= 0.6 is 0 Å². The number of aliphatic hydroxyl groups is 2. The predicted octanol–water partition coefficient (Wildman–Crippen LogP) is 6.31. The van der Waals surface area contributed by atoms with Crippen molar-refractivity contribution in [2.45, 2.75) is 161 Å². The minimum atomic E-state index is -2.15. The summed E-state index contributed by atoms with van der Waals surface area (Å²) in [4.78, 5) is 27.0. The summed E-state index contributed by atoms with van der Waals surface area (Å²) >= 11 is 0. The van der Waals surface area contributed by atoms with Gasteiger partial charge >= 0.3 is 0 Å². The minimum absolute atomic E-state index is 0.0558. The van der Waals surface area contributed by atoms with Crippen molar-refractivity contribution >= 4 is 20.1 Å². The molecule has 0 aromatic heterocycles. The molecular weight excluding hydrogens is 496 g/mol. The number of hydrogen-bond donors (Lipinski definition) is 3. The smallest absolute Gasteiger partial charge is 0.260 e. The highest BCUT2D eigenvalue weighted by Crippen LogP contribution is 2.36. The van der Waals surface area contributed by atoms with Crippen LogP contribution in [0.4, 0.5) is 0 Å². The Morgan fingerprint density at radius 2 is 1.29 bits per heavy atom. The molecule has 7 nitrogen and oxygen atoms in total. The van der Waals surface area contributed by atoms with Crippen molar-refractivity contribution < 1.29 is 24.2 Å². The van der Waals surface area contributed by atoms with Gasteiger partial charge in [0.15, 0.2) is 14.4 Å². The molecule has 0 aliphatic heterocycles. The molecule has 0 fully saturated rings. The third-order valence-corrected chi connectivity index (χ3v) is 12.4. The lowest BCUT2D eigenvalue weighted by Gasteiger charge is -2.37. The molecule has 38 heavy (non-hydrogen) atoms. The Kier molecular flexibility index (Phi) is 20.6. The monoisotopic (exact) mass is 558 g/mol. The molecule has 0 saturated carbocycles. The highest BCUT2D eigenvalue weighted by Gasteiger charge is 2.39. The zero-order chi connectivity index (χ0) is 29.0. The van der Waals surface area contributed by atoms with Crippen LogP contribution in [0.3, 0.4) is 0 Å². The summed E-state index contributed by atoms with van der Waals surface area (Å²) in [5.41, 5.74) is 5.59. The van der Waals surface area contributed by atoms with Gasteiger partial charge in [0.1, 0.15) is 6.10 Å². The molecule has 0 rings (SSSR count). The van der Waals surface area contributed by atoms with Crippen molar-refractivity contribution in [1.82, 2.24) is 4.90 Å². The van der Waals surface area contributed by atoms with E-state index in [1.165, 1.54) is 64.2 Å². The number of hydrogen-bond acceptors (Lipinski definition) is 6. The number of aliphatic hydroxyl groups excluding tert-OH is 2. The largest absolute Gasteiger partial charge is 0.414 e. The Hall–Kier alpha value is -0.803. The SMILES string of the molecule is CCCCCCCCCCCCCCCC(=O)N(CCCCN)C(=O)C(O)C(O)CO[Si](C)(C)C(C)(C)C. The van der Waals surface area contributed by atoms with Crippen LogP contribution in [0.5, 0.6) is 0 Å². The number of carbonyl (C=O) groups excluding carboxylic acids is 2. The van der Waals surface area contributed by atoms with Crippen molar-refractivity contribution in [1.29, 1.82) is 0 Å². The van der Waals surface area contributed by atoms with Gasteiger partial charge in [0, 0.05) is 13.0 Å². The van der Waals surface area contributed by atoms with Gasteiger partial charge in [-0.2, -0.15) is 0 Å². The molecule has 0 aliphatic carbocycles. The highest BCUT2D eigenvalue weighted by atomic mass is 28.4. The first kappa shape index (κ1) is 37.2. The summed E-state index contributed by atoms with van der Waals surface area (Å²) in [6.07, 6.45) is 14.4. The molecule has 2 atom stereocenters. The van der Waals surface area contributed by atoms with Gasteiger partial charge in [-0.25, -0.2) is 0 Å². The molecule has 0 heterocycles. The normalized spacial score (nSPS) is 13.9. The molecule has 0 radical (unpaired) electrons. The second-order valence-electron chi connectivity index (χ2n) is 12.5. The number of unbranched alkanes of at least 4 members (excludes halogenated alkanes) is 13. The van der Waals surface area contributed by atoms with E-state index in [4.69, 9.17) is 10.2 Å². The van der Waals surface area contributed by atoms with Gasteiger partial charge in [0.05, 0.1) is 6.61 Å². The van der Waals surface area contributed by atoms with Crippen LogP contribution < -0.4 is 5.73 Å². The van der Waals surface area contributed by atoms with Crippen molar-refractivity contribution in [3.05, 3.63) is 0 Å². The molecule has 2 amide bonds. The molecule has 0 spiro atoms. The maximum Gasteiger partial charge on any atom is 0.260 e. The van der Waals surface area contributed by atoms with Gasteiger partial charge in [0.25, 0.3) is 5.91 Å². The Morgan fingerprint density at radius 1 is 0.816 bits per heavy atom. The van der Waals surface area contributed by atoms with Crippen LogP contribution in [0, 0.1) is 0 Å². The van der Waals surface area contributed by atoms with Crippen molar-refractivity contribution in [3.63, 3.8) is 0 Å². The van der Waals surface area contributed by atoms with Gasteiger partial charge in [-0.05, 0) is 43.9 Å². The van der Waals surface area contributed by atoms with E-state index in [0.717, 1.165) is 24.2 Å². The second kappa shape index (κ2) is 21.0. The first-order valence-electron chi connectivity index (χ1n) is 15.4. The molecule has 0 aromatic rings. The van der Waals surface area contributed by atoms with Crippen LogP contribution in [0.1, 0.15) is 130 Å². The standard InChI is InChI=1S/C30H62N2O5Si/c1-7-8-9-10-11-12-13-14-15-16-17-18-19-22-27(34)32(24-21-20-23-31)29(36)28(35)26(33)25-37-38(5,6)30(2,3)4/h26,28,33,35H,7-25,31H2,1-6H3. The number of carbonyl (C=O) groups is 2.